The Balaban J connectivity index is 2.58. The first kappa shape index (κ1) is 15.1. The molecule has 1 heterocycles. The molecule has 0 saturated heterocycles. The maximum Gasteiger partial charge on any atom is 0.150 e. The highest BCUT2D eigenvalue weighted by atomic mass is 32.2. The second-order valence-electron chi connectivity index (χ2n) is 4.45. The molecule has 102 valence electrons. The van der Waals surface area contributed by atoms with E-state index in [4.69, 9.17) is 0 Å². The number of nitrogens with one attached hydrogen (secondary N) is 1. The molecule has 1 N–H and O–H groups in total. The standard InChI is InChI=1S/C13H22N2O2S/c1-4-18(16,17)9-5-6-13(14-3)12-7-8-15-11(2)10-12/h7-8,10,13-14H,4-6,9H2,1-3H3. The number of aryl methyl sites for hydroxylation is 1. The third kappa shape index (κ3) is 4.74. The molecule has 4 nitrogen and oxygen atoms in total. The molecule has 1 aromatic heterocycles. The van der Waals surface area contributed by atoms with Crippen molar-refractivity contribution in [1.29, 1.82) is 0 Å². The van der Waals surface area contributed by atoms with E-state index in [0.717, 1.165) is 12.1 Å². The highest BCUT2D eigenvalue weighted by Crippen LogP contribution is 2.18. The van der Waals surface area contributed by atoms with Crippen LogP contribution in [0.5, 0.6) is 0 Å². The number of rotatable bonds is 7. The molecule has 5 heteroatoms. The van der Waals surface area contributed by atoms with Crippen molar-refractivity contribution < 1.29 is 8.42 Å². The predicted octanol–water partition coefficient (Wildman–Crippen LogP) is 1.87. The Labute approximate surface area is 110 Å². The van der Waals surface area contributed by atoms with Gasteiger partial charge in [-0.25, -0.2) is 8.42 Å². The van der Waals surface area contributed by atoms with Crippen LogP contribution in [0.15, 0.2) is 18.3 Å². The Morgan fingerprint density at radius 1 is 1.44 bits per heavy atom. The molecule has 0 radical (unpaired) electrons. The second-order valence-corrected chi connectivity index (χ2v) is 6.92. The maximum absolute atomic E-state index is 11.4. The van der Waals surface area contributed by atoms with Gasteiger partial charge in [0.15, 0.2) is 0 Å². The fourth-order valence-electron chi connectivity index (χ4n) is 1.91. The van der Waals surface area contributed by atoms with Gasteiger partial charge in [-0.3, -0.25) is 4.98 Å². The third-order valence-corrected chi connectivity index (χ3v) is 4.85. The lowest BCUT2D eigenvalue weighted by molar-refractivity contribution is 0.534. The van der Waals surface area contributed by atoms with Gasteiger partial charge in [0.2, 0.25) is 0 Å². The molecule has 0 saturated carbocycles. The molecule has 0 aliphatic heterocycles. The molecule has 0 spiro atoms. The zero-order chi connectivity index (χ0) is 13.6. The summed E-state index contributed by atoms with van der Waals surface area (Å²) in [5, 5.41) is 3.23. The summed E-state index contributed by atoms with van der Waals surface area (Å²) in [6.07, 6.45) is 3.29. The molecule has 1 aromatic rings. The van der Waals surface area contributed by atoms with E-state index < -0.39 is 9.84 Å². The van der Waals surface area contributed by atoms with Crippen molar-refractivity contribution in [2.45, 2.75) is 32.7 Å². The van der Waals surface area contributed by atoms with E-state index in [0.29, 0.717) is 6.42 Å². The van der Waals surface area contributed by atoms with Crippen LogP contribution in [-0.2, 0) is 9.84 Å². The first-order valence-electron chi connectivity index (χ1n) is 6.28. The van der Waals surface area contributed by atoms with Gasteiger partial charge in [0.05, 0.1) is 5.75 Å². The van der Waals surface area contributed by atoms with Gasteiger partial charge >= 0.3 is 0 Å². The van der Waals surface area contributed by atoms with Crippen molar-refractivity contribution in [1.82, 2.24) is 10.3 Å². The number of hydrogen-bond acceptors (Lipinski definition) is 4. The zero-order valence-electron chi connectivity index (χ0n) is 11.3. The molecule has 0 bridgehead atoms. The van der Waals surface area contributed by atoms with Gasteiger partial charge in [-0.05, 0) is 44.5 Å². The minimum atomic E-state index is -2.85. The summed E-state index contributed by atoms with van der Waals surface area (Å²) in [5.41, 5.74) is 2.15. The summed E-state index contributed by atoms with van der Waals surface area (Å²) in [6.45, 7) is 3.65. The molecule has 1 atom stereocenters. The van der Waals surface area contributed by atoms with E-state index >= 15 is 0 Å². The Morgan fingerprint density at radius 3 is 2.72 bits per heavy atom. The van der Waals surface area contributed by atoms with Crippen LogP contribution in [0.25, 0.3) is 0 Å². The summed E-state index contributed by atoms with van der Waals surface area (Å²) >= 11 is 0. The summed E-state index contributed by atoms with van der Waals surface area (Å²) in [5.74, 6) is 0.497. The molecule has 0 aromatic carbocycles. The second kappa shape index (κ2) is 6.85. The average Bonchev–Trinajstić information content (AvgIpc) is 2.34. The number of sulfone groups is 1. The minimum absolute atomic E-state index is 0.193. The molecular weight excluding hydrogens is 248 g/mol. The fraction of sp³-hybridized carbons (Fsp3) is 0.615. The molecule has 0 aliphatic carbocycles. The summed E-state index contributed by atoms with van der Waals surface area (Å²) in [6, 6.07) is 4.21. The quantitative estimate of drug-likeness (QED) is 0.821. The van der Waals surface area contributed by atoms with Gasteiger partial charge < -0.3 is 5.32 Å². The SMILES string of the molecule is CCS(=O)(=O)CCCC(NC)c1ccnc(C)c1. The molecule has 1 rings (SSSR count). The number of aromatic nitrogens is 1. The van der Waals surface area contributed by atoms with E-state index in [1.165, 1.54) is 5.56 Å². The van der Waals surface area contributed by atoms with Crippen molar-refractivity contribution in [2.24, 2.45) is 0 Å². The van der Waals surface area contributed by atoms with Gasteiger partial charge in [-0.1, -0.05) is 6.92 Å². The summed E-state index contributed by atoms with van der Waals surface area (Å²) < 4.78 is 22.9. The number of nitrogens with zero attached hydrogens (tertiary/aromatic N) is 1. The average molecular weight is 270 g/mol. The summed E-state index contributed by atoms with van der Waals surface area (Å²) in [7, 11) is -0.956. The van der Waals surface area contributed by atoms with Gasteiger partial charge in [0.1, 0.15) is 9.84 Å². The van der Waals surface area contributed by atoms with Crippen LogP contribution < -0.4 is 5.32 Å². The van der Waals surface area contributed by atoms with Crippen molar-refractivity contribution in [3.05, 3.63) is 29.6 Å². The van der Waals surface area contributed by atoms with Gasteiger partial charge in [0.25, 0.3) is 0 Å². The van der Waals surface area contributed by atoms with E-state index in [-0.39, 0.29) is 17.5 Å². The van der Waals surface area contributed by atoms with E-state index in [2.05, 4.69) is 10.3 Å². The van der Waals surface area contributed by atoms with Gasteiger partial charge in [-0.2, -0.15) is 0 Å². The largest absolute Gasteiger partial charge is 0.313 e. The third-order valence-electron chi connectivity index (χ3n) is 3.06. The smallest absolute Gasteiger partial charge is 0.150 e. The lowest BCUT2D eigenvalue weighted by Crippen LogP contribution is -2.18. The highest BCUT2D eigenvalue weighted by molar-refractivity contribution is 7.91. The lowest BCUT2D eigenvalue weighted by Gasteiger charge is -2.16. The first-order chi connectivity index (χ1) is 8.48. The number of pyridine rings is 1. The van der Waals surface area contributed by atoms with Crippen LogP contribution in [0.3, 0.4) is 0 Å². The Kier molecular flexibility index (Phi) is 5.75. The monoisotopic (exact) mass is 270 g/mol. The molecular formula is C13H22N2O2S. The molecule has 0 fully saturated rings. The van der Waals surface area contributed by atoms with E-state index in [9.17, 15) is 8.42 Å². The highest BCUT2D eigenvalue weighted by Gasteiger charge is 2.12. The topological polar surface area (TPSA) is 59.1 Å². The zero-order valence-corrected chi connectivity index (χ0v) is 12.1. The Bertz CT molecular complexity index is 472. The summed E-state index contributed by atoms with van der Waals surface area (Å²) in [4.78, 5) is 4.17. The van der Waals surface area contributed by atoms with Crippen molar-refractivity contribution in [3.63, 3.8) is 0 Å². The maximum atomic E-state index is 11.4. The van der Waals surface area contributed by atoms with Gasteiger partial charge in [0, 0.05) is 23.7 Å². The van der Waals surface area contributed by atoms with Crippen LogP contribution in [-0.4, -0.2) is 32.0 Å². The lowest BCUT2D eigenvalue weighted by atomic mass is 10.0. The van der Waals surface area contributed by atoms with Crippen LogP contribution in [0.1, 0.15) is 37.1 Å². The van der Waals surface area contributed by atoms with E-state index in [1.54, 1.807) is 13.1 Å². The van der Waals surface area contributed by atoms with E-state index in [1.807, 2.05) is 26.1 Å². The van der Waals surface area contributed by atoms with Crippen molar-refractivity contribution in [3.8, 4) is 0 Å². The predicted molar refractivity (Wildman–Crippen MR) is 74.3 cm³/mol. The normalized spacial score (nSPS) is 13.5. The Morgan fingerprint density at radius 2 is 2.17 bits per heavy atom. The van der Waals surface area contributed by atoms with Crippen LogP contribution in [0.4, 0.5) is 0 Å². The Hall–Kier alpha value is -0.940. The van der Waals surface area contributed by atoms with Crippen LogP contribution in [0.2, 0.25) is 0 Å². The first-order valence-corrected chi connectivity index (χ1v) is 8.11. The fourth-order valence-corrected chi connectivity index (χ4v) is 2.81. The van der Waals surface area contributed by atoms with Crippen molar-refractivity contribution in [2.75, 3.05) is 18.6 Å². The number of hydrogen-bond donors (Lipinski definition) is 1. The van der Waals surface area contributed by atoms with Gasteiger partial charge in [-0.15, -0.1) is 0 Å². The van der Waals surface area contributed by atoms with Crippen LogP contribution >= 0.6 is 0 Å². The molecule has 1 unspecified atom stereocenters. The molecule has 0 aliphatic rings. The molecule has 18 heavy (non-hydrogen) atoms. The van der Waals surface area contributed by atoms with Crippen LogP contribution in [0, 0.1) is 6.92 Å². The molecule has 0 amide bonds. The van der Waals surface area contributed by atoms with Crippen molar-refractivity contribution >= 4 is 9.84 Å². The minimum Gasteiger partial charge on any atom is -0.313 e.